The van der Waals surface area contributed by atoms with E-state index in [2.05, 4.69) is 23.2 Å². The monoisotopic (exact) mass is 303 g/mol. The molecule has 0 aromatic heterocycles. The van der Waals surface area contributed by atoms with Crippen LogP contribution in [0.1, 0.15) is 0 Å². The van der Waals surface area contributed by atoms with E-state index in [9.17, 15) is 30.8 Å². The summed E-state index contributed by atoms with van der Waals surface area (Å²) in [5, 5.41) is -8.96. The molecule has 1 fully saturated rings. The molecule has 1 rings (SSSR count). The zero-order valence-electron chi connectivity index (χ0n) is 7.11. The van der Waals surface area contributed by atoms with Crippen molar-refractivity contribution in [2.45, 2.75) is 15.6 Å². The first kappa shape index (κ1) is 13.8. The van der Waals surface area contributed by atoms with Crippen molar-refractivity contribution in [3.63, 3.8) is 0 Å². The molecular weight excluding hydrogens is 301 g/mol. The number of hydrogen-bond acceptors (Lipinski definition) is 3. The number of carbonyl (C=O) groups excluding carboxylic acids is 1. The van der Waals surface area contributed by atoms with Crippen LogP contribution in [0.15, 0.2) is 0 Å². The van der Waals surface area contributed by atoms with Crippen LogP contribution in [0, 0.1) is 0 Å². The van der Waals surface area contributed by atoms with Crippen LogP contribution in [-0.4, -0.2) is 35.7 Å². The molecule has 1 heterocycles. The number of hydrogen-bond donors (Lipinski definition) is 1. The van der Waals surface area contributed by atoms with E-state index in [0.29, 0.717) is 0 Å². The summed E-state index contributed by atoms with van der Waals surface area (Å²) < 4.78 is 73.8. The molecule has 0 aromatic carbocycles. The highest BCUT2D eigenvalue weighted by Gasteiger charge is 2.78. The Labute approximate surface area is 96.8 Å². The van der Waals surface area contributed by atoms with Gasteiger partial charge in [0.2, 0.25) is 5.91 Å². The molecule has 0 atom stereocenters. The minimum atomic E-state index is -5.24. The molecule has 0 saturated carbocycles. The predicted octanol–water partition coefficient (Wildman–Crippen LogP) is 0.891. The maximum absolute atomic E-state index is 12.9. The van der Waals surface area contributed by atoms with Gasteiger partial charge in [0.15, 0.2) is 9.84 Å². The normalized spacial score (nSPS) is 24.2. The molecule has 4 nitrogen and oxygen atoms in total. The molecule has 1 aliphatic rings. The first-order valence-electron chi connectivity index (χ1n) is 3.52. The second kappa shape index (κ2) is 3.36. The van der Waals surface area contributed by atoms with E-state index in [1.165, 1.54) is 0 Å². The van der Waals surface area contributed by atoms with Crippen molar-refractivity contribution >= 4 is 38.9 Å². The van der Waals surface area contributed by atoms with Gasteiger partial charge in [-0.15, -0.1) is 0 Å². The summed E-state index contributed by atoms with van der Waals surface area (Å²) in [6.07, 6.45) is 0. The van der Waals surface area contributed by atoms with Crippen LogP contribution < -0.4 is 5.32 Å². The number of nitrogens with one attached hydrogen (secondary N) is 1. The molecule has 0 spiro atoms. The van der Waals surface area contributed by atoms with Gasteiger partial charge in [0.1, 0.15) is 5.75 Å². The highest BCUT2D eigenvalue weighted by atomic mass is 35.5. The maximum atomic E-state index is 12.9. The molecule has 16 heavy (non-hydrogen) atoms. The van der Waals surface area contributed by atoms with Crippen molar-refractivity contribution in [3.05, 3.63) is 0 Å². The van der Waals surface area contributed by atoms with Crippen LogP contribution >= 0.6 is 23.2 Å². The molecule has 1 N–H and O–H groups in total. The molecule has 0 unspecified atom stereocenters. The van der Waals surface area contributed by atoms with E-state index in [4.69, 9.17) is 0 Å². The molecule has 0 aromatic rings. The SMILES string of the molecule is O=C1CS(=O)(=O)C(C(F)(F)Cl)(C(F)(F)Cl)N1. The van der Waals surface area contributed by atoms with Crippen LogP contribution in [0.3, 0.4) is 0 Å². The lowest BCUT2D eigenvalue weighted by Crippen LogP contribution is -2.66. The lowest BCUT2D eigenvalue weighted by molar-refractivity contribution is -0.126. The molecule has 1 aliphatic heterocycles. The summed E-state index contributed by atoms with van der Waals surface area (Å²) in [6, 6.07) is 0. The third-order valence-electron chi connectivity index (χ3n) is 1.90. The van der Waals surface area contributed by atoms with Crippen molar-refractivity contribution in [1.82, 2.24) is 5.32 Å². The molecular formula is C5H3Cl2F4NO3S. The summed E-state index contributed by atoms with van der Waals surface area (Å²) in [7, 11) is -5.24. The van der Waals surface area contributed by atoms with Gasteiger partial charge in [0.05, 0.1) is 0 Å². The Morgan fingerprint density at radius 2 is 1.56 bits per heavy atom. The summed E-state index contributed by atoms with van der Waals surface area (Å²) >= 11 is 8.68. The minimum Gasteiger partial charge on any atom is -0.324 e. The van der Waals surface area contributed by atoms with Crippen molar-refractivity contribution in [3.8, 4) is 0 Å². The van der Waals surface area contributed by atoms with Gasteiger partial charge < -0.3 is 5.32 Å². The molecule has 0 bridgehead atoms. The van der Waals surface area contributed by atoms with Crippen molar-refractivity contribution in [2.24, 2.45) is 0 Å². The summed E-state index contributed by atoms with van der Waals surface area (Å²) in [4.78, 5) is 6.37. The lowest BCUT2D eigenvalue weighted by atomic mass is 10.3. The smallest absolute Gasteiger partial charge is 0.324 e. The lowest BCUT2D eigenvalue weighted by Gasteiger charge is -2.34. The molecule has 1 saturated heterocycles. The van der Waals surface area contributed by atoms with E-state index in [1.54, 1.807) is 0 Å². The summed E-state index contributed by atoms with van der Waals surface area (Å²) in [5.74, 6) is -3.06. The van der Waals surface area contributed by atoms with Gasteiger partial charge >= 0.3 is 10.8 Å². The number of halogens is 6. The molecule has 1 amide bonds. The van der Waals surface area contributed by atoms with Gasteiger partial charge in [-0.1, -0.05) is 0 Å². The Hall–Kier alpha value is -0.280. The predicted molar refractivity (Wildman–Crippen MR) is 46.3 cm³/mol. The van der Waals surface area contributed by atoms with Crippen LogP contribution in [0.5, 0.6) is 0 Å². The third-order valence-corrected chi connectivity index (χ3v) is 4.88. The van der Waals surface area contributed by atoms with Crippen molar-refractivity contribution in [2.75, 3.05) is 5.75 Å². The average Bonchev–Trinajstić information content (AvgIpc) is 2.16. The van der Waals surface area contributed by atoms with Gasteiger partial charge in [-0.2, -0.15) is 17.6 Å². The number of carbonyl (C=O) groups is 1. The summed E-state index contributed by atoms with van der Waals surface area (Å²) in [6.45, 7) is 0. The molecule has 0 radical (unpaired) electrons. The molecule has 0 aliphatic carbocycles. The first-order chi connectivity index (χ1) is 6.85. The van der Waals surface area contributed by atoms with Gasteiger partial charge in [-0.05, 0) is 23.2 Å². The van der Waals surface area contributed by atoms with Crippen LogP contribution in [-0.2, 0) is 14.6 Å². The second-order valence-electron chi connectivity index (χ2n) is 2.98. The van der Waals surface area contributed by atoms with E-state index in [0.717, 1.165) is 5.32 Å². The zero-order chi connectivity index (χ0) is 13.0. The largest absolute Gasteiger partial charge is 0.366 e. The number of amides is 1. The van der Waals surface area contributed by atoms with E-state index >= 15 is 0 Å². The van der Waals surface area contributed by atoms with Crippen LogP contribution in [0.4, 0.5) is 17.6 Å². The van der Waals surface area contributed by atoms with Gasteiger partial charge in [-0.25, -0.2) is 8.42 Å². The molecule has 11 heteroatoms. The van der Waals surface area contributed by atoms with Gasteiger partial charge in [0.25, 0.3) is 4.87 Å². The highest BCUT2D eigenvalue weighted by Crippen LogP contribution is 2.51. The van der Waals surface area contributed by atoms with E-state index in [1.807, 2.05) is 0 Å². The average molecular weight is 304 g/mol. The maximum Gasteiger partial charge on any atom is 0.366 e. The minimum absolute atomic E-state index is 0.947. The fourth-order valence-corrected chi connectivity index (χ4v) is 3.94. The van der Waals surface area contributed by atoms with Crippen LogP contribution in [0.2, 0.25) is 0 Å². The van der Waals surface area contributed by atoms with Crippen molar-refractivity contribution < 1.29 is 30.8 Å². The molecule has 94 valence electrons. The Kier molecular flexibility index (Phi) is 2.89. The van der Waals surface area contributed by atoms with E-state index < -0.39 is 37.1 Å². The fraction of sp³-hybridized carbons (Fsp3) is 0.800. The Bertz CT molecular complexity index is 412. The van der Waals surface area contributed by atoms with Crippen LogP contribution in [0.25, 0.3) is 0 Å². The van der Waals surface area contributed by atoms with Gasteiger partial charge in [0, 0.05) is 0 Å². The number of alkyl halides is 6. The van der Waals surface area contributed by atoms with Crippen molar-refractivity contribution in [1.29, 1.82) is 0 Å². The van der Waals surface area contributed by atoms with Gasteiger partial charge in [-0.3, -0.25) is 4.79 Å². The fourth-order valence-electron chi connectivity index (χ4n) is 1.25. The van der Waals surface area contributed by atoms with E-state index in [-0.39, 0.29) is 0 Å². The third kappa shape index (κ3) is 1.65. The summed E-state index contributed by atoms with van der Waals surface area (Å²) in [5.41, 5.74) is 0. The Morgan fingerprint density at radius 3 is 1.69 bits per heavy atom. The zero-order valence-corrected chi connectivity index (χ0v) is 9.44. The number of rotatable bonds is 2. The Balaban J connectivity index is 3.57. The highest BCUT2D eigenvalue weighted by molar-refractivity contribution is 7.94. The standard InChI is InChI=1S/C5H3Cl2F4NO3S/c6-4(8,9)3(5(7,10)11)12-2(13)1-16(3,14)15/h1H2,(H,12,13). The Morgan fingerprint density at radius 1 is 1.19 bits per heavy atom. The second-order valence-corrected chi connectivity index (χ2v) is 6.06. The first-order valence-corrected chi connectivity index (χ1v) is 5.93. The topological polar surface area (TPSA) is 63.2 Å². The number of sulfone groups is 1. The quantitative estimate of drug-likeness (QED) is 0.609.